The van der Waals surface area contributed by atoms with Gasteiger partial charge in [-0.2, -0.15) is 0 Å². The summed E-state index contributed by atoms with van der Waals surface area (Å²) in [6.45, 7) is 9.22. The molecule has 0 heterocycles. The van der Waals surface area contributed by atoms with Gasteiger partial charge in [0.25, 0.3) is 0 Å². The third-order valence-corrected chi connectivity index (χ3v) is 5.03. The molecule has 1 aliphatic carbocycles. The van der Waals surface area contributed by atoms with Gasteiger partial charge in [0.05, 0.1) is 12.5 Å². The largest absolute Gasteiger partial charge is 0.465 e. The average Bonchev–Trinajstić information content (AvgIpc) is 2.35. The van der Waals surface area contributed by atoms with Gasteiger partial charge in [-0.05, 0) is 30.6 Å². The number of carbonyl (C=O) groups is 1. The zero-order valence-electron chi connectivity index (χ0n) is 13.1. The number of hydrogen-bond acceptors (Lipinski definition) is 3. The first-order chi connectivity index (χ1) is 8.91. The molecule has 1 rings (SSSR count). The highest BCUT2D eigenvalue weighted by atomic mass is 16.5. The Bertz CT molecular complexity index is 288. The second kappa shape index (κ2) is 7.28. The second-order valence-corrected chi connectivity index (χ2v) is 6.63. The Kier molecular flexibility index (Phi) is 6.31. The molecule has 0 radical (unpaired) electrons. The summed E-state index contributed by atoms with van der Waals surface area (Å²) in [4.78, 5) is 12.2. The highest BCUT2D eigenvalue weighted by Crippen LogP contribution is 2.44. The van der Waals surface area contributed by atoms with Crippen molar-refractivity contribution in [1.29, 1.82) is 0 Å². The first kappa shape index (κ1) is 16.5. The molecule has 0 aliphatic heterocycles. The lowest BCUT2D eigenvalue weighted by atomic mass is 9.61. The minimum Gasteiger partial charge on any atom is -0.465 e. The van der Waals surface area contributed by atoms with Crippen LogP contribution in [0, 0.1) is 17.3 Å². The minimum atomic E-state index is -0.0574. The monoisotopic (exact) mass is 269 g/mol. The molecule has 0 bridgehead atoms. The Morgan fingerprint density at radius 3 is 2.58 bits per heavy atom. The van der Waals surface area contributed by atoms with E-state index in [4.69, 9.17) is 10.5 Å². The van der Waals surface area contributed by atoms with Crippen molar-refractivity contribution in [2.45, 2.75) is 72.3 Å². The average molecular weight is 269 g/mol. The number of esters is 1. The Balaban J connectivity index is 2.43. The molecule has 0 saturated heterocycles. The van der Waals surface area contributed by atoms with Crippen molar-refractivity contribution >= 4 is 5.97 Å². The van der Waals surface area contributed by atoms with Crippen molar-refractivity contribution in [2.75, 3.05) is 6.61 Å². The molecule has 112 valence electrons. The maximum Gasteiger partial charge on any atom is 0.309 e. The summed E-state index contributed by atoms with van der Waals surface area (Å²) >= 11 is 0. The van der Waals surface area contributed by atoms with Crippen molar-refractivity contribution in [1.82, 2.24) is 0 Å². The first-order valence-corrected chi connectivity index (χ1v) is 7.83. The van der Waals surface area contributed by atoms with E-state index in [1.165, 1.54) is 12.8 Å². The van der Waals surface area contributed by atoms with Crippen LogP contribution in [0.2, 0.25) is 0 Å². The molecular formula is C16H31NO2. The van der Waals surface area contributed by atoms with E-state index in [0.29, 0.717) is 12.5 Å². The fourth-order valence-electron chi connectivity index (χ4n) is 3.07. The normalized spacial score (nSPS) is 30.1. The third-order valence-electron chi connectivity index (χ3n) is 5.03. The highest BCUT2D eigenvalue weighted by molar-refractivity contribution is 5.73. The Morgan fingerprint density at radius 1 is 1.26 bits per heavy atom. The number of rotatable bonds is 6. The number of unbranched alkanes of at least 4 members (excludes halogenated alkanes) is 3. The maximum absolute atomic E-state index is 12.2. The molecule has 0 amide bonds. The van der Waals surface area contributed by atoms with E-state index < -0.39 is 0 Å². The van der Waals surface area contributed by atoms with E-state index in [0.717, 1.165) is 25.7 Å². The molecule has 0 aromatic heterocycles. The van der Waals surface area contributed by atoms with Gasteiger partial charge in [-0.15, -0.1) is 0 Å². The quantitative estimate of drug-likeness (QED) is 0.593. The summed E-state index contributed by atoms with van der Waals surface area (Å²) in [5.41, 5.74) is 6.06. The molecule has 1 fully saturated rings. The Hall–Kier alpha value is -0.570. The van der Waals surface area contributed by atoms with Crippen LogP contribution in [0.4, 0.5) is 0 Å². The summed E-state index contributed by atoms with van der Waals surface area (Å²) in [6, 6.07) is 0.212. The molecule has 3 heteroatoms. The van der Waals surface area contributed by atoms with Crippen molar-refractivity contribution in [3.8, 4) is 0 Å². The summed E-state index contributed by atoms with van der Waals surface area (Å²) in [6.07, 6.45) is 6.37. The van der Waals surface area contributed by atoms with Gasteiger partial charge in [0.1, 0.15) is 0 Å². The fourth-order valence-corrected chi connectivity index (χ4v) is 3.07. The van der Waals surface area contributed by atoms with Crippen LogP contribution in [0.3, 0.4) is 0 Å². The smallest absolute Gasteiger partial charge is 0.309 e. The van der Waals surface area contributed by atoms with Crippen LogP contribution in [-0.4, -0.2) is 18.6 Å². The summed E-state index contributed by atoms with van der Waals surface area (Å²) in [7, 11) is 0. The molecular weight excluding hydrogens is 238 g/mol. The lowest BCUT2D eigenvalue weighted by molar-refractivity contribution is -0.157. The van der Waals surface area contributed by atoms with Crippen molar-refractivity contribution in [3.05, 3.63) is 0 Å². The van der Waals surface area contributed by atoms with Crippen molar-refractivity contribution in [3.63, 3.8) is 0 Å². The van der Waals surface area contributed by atoms with Gasteiger partial charge in [-0.3, -0.25) is 4.79 Å². The molecule has 1 saturated carbocycles. The number of carbonyl (C=O) groups excluding carboxylic acids is 1. The number of nitrogens with two attached hydrogens (primary N) is 1. The van der Waals surface area contributed by atoms with E-state index in [2.05, 4.69) is 27.7 Å². The maximum atomic E-state index is 12.2. The van der Waals surface area contributed by atoms with E-state index in [9.17, 15) is 4.79 Å². The van der Waals surface area contributed by atoms with Crippen molar-refractivity contribution < 1.29 is 9.53 Å². The molecule has 3 unspecified atom stereocenters. The molecule has 1 aliphatic rings. The van der Waals surface area contributed by atoms with E-state index in [-0.39, 0.29) is 23.3 Å². The van der Waals surface area contributed by atoms with Gasteiger partial charge in [-0.25, -0.2) is 0 Å². The van der Waals surface area contributed by atoms with Crippen LogP contribution < -0.4 is 5.73 Å². The SMILES string of the molecule is CCCCCCOC(=O)C1CCC(N)C(C)C1(C)C. The predicted octanol–water partition coefficient (Wildman–Crippen LogP) is 3.51. The van der Waals surface area contributed by atoms with E-state index >= 15 is 0 Å². The second-order valence-electron chi connectivity index (χ2n) is 6.63. The summed E-state index contributed by atoms with van der Waals surface area (Å²) in [5.74, 6) is 0.354. The topological polar surface area (TPSA) is 52.3 Å². The van der Waals surface area contributed by atoms with E-state index in [1.807, 2.05) is 0 Å². The molecule has 3 atom stereocenters. The van der Waals surface area contributed by atoms with Crippen LogP contribution in [-0.2, 0) is 9.53 Å². The van der Waals surface area contributed by atoms with Gasteiger partial charge in [0.15, 0.2) is 0 Å². The van der Waals surface area contributed by atoms with Crippen LogP contribution in [0.15, 0.2) is 0 Å². The molecule has 0 aromatic rings. The zero-order valence-corrected chi connectivity index (χ0v) is 13.1. The van der Waals surface area contributed by atoms with E-state index in [1.54, 1.807) is 0 Å². The molecule has 3 nitrogen and oxygen atoms in total. The van der Waals surface area contributed by atoms with Gasteiger partial charge in [0, 0.05) is 6.04 Å². The first-order valence-electron chi connectivity index (χ1n) is 7.83. The molecule has 0 spiro atoms. The van der Waals surface area contributed by atoms with Gasteiger partial charge < -0.3 is 10.5 Å². The zero-order chi connectivity index (χ0) is 14.5. The van der Waals surface area contributed by atoms with Crippen LogP contribution >= 0.6 is 0 Å². The number of ether oxygens (including phenoxy) is 1. The van der Waals surface area contributed by atoms with Crippen LogP contribution in [0.1, 0.15) is 66.2 Å². The Labute approximate surface area is 118 Å². The van der Waals surface area contributed by atoms with Crippen LogP contribution in [0.25, 0.3) is 0 Å². The predicted molar refractivity (Wildman–Crippen MR) is 78.7 cm³/mol. The standard InChI is InChI=1S/C16H31NO2/c1-5-6-7-8-11-19-15(18)13-9-10-14(17)12(2)16(13,3)4/h12-14H,5-11,17H2,1-4H3. The summed E-state index contributed by atoms with van der Waals surface area (Å²) in [5, 5.41) is 0. The molecule has 2 N–H and O–H groups in total. The molecule has 19 heavy (non-hydrogen) atoms. The van der Waals surface area contributed by atoms with Gasteiger partial charge in [0.2, 0.25) is 0 Å². The van der Waals surface area contributed by atoms with Gasteiger partial charge >= 0.3 is 5.97 Å². The highest BCUT2D eigenvalue weighted by Gasteiger charge is 2.45. The lowest BCUT2D eigenvalue weighted by Gasteiger charge is -2.45. The van der Waals surface area contributed by atoms with Crippen LogP contribution in [0.5, 0.6) is 0 Å². The third kappa shape index (κ3) is 4.20. The van der Waals surface area contributed by atoms with Crippen molar-refractivity contribution in [2.24, 2.45) is 23.0 Å². The summed E-state index contributed by atoms with van der Waals surface area (Å²) < 4.78 is 5.47. The number of hydrogen-bond donors (Lipinski definition) is 1. The molecule has 0 aromatic carbocycles. The fraction of sp³-hybridized carbons (Fsp3) is 0.938. The Morgan fingerprint density at radius 2 is 1.95 bits per heavy atom. The van der Waals surface area contributed by atoms with Gasteiger partial charge in [-0.1, -0.05) is 47.0 Å². The minimum absolute atomic E-state index is 0.00785. The lowest BCUT2D eigenvalue weighted by Crippen LogP contribution is -2.49.